The number of nitrogens with zero attached hydrogens (tertiary/aromatic N) is 2. The number of piperidine rings is 1. The van der Waals surface area contributed by atoms with Crippen LogP contribution in [0.1, 0.15) is 31.4 Å². The average Bonchev–Trinajstić information content (AvgIpc) is 2.39. The Bertz CT molecular complexity index is 343. The number of rotatable bonds is 3. The molecule has 2 rings (SSSR count). The first-order valence-electron chi connectivity index (χ1n) is 6.12. The number of methoxy groups -OCH3 is 1. The molecule has 4 nitrogen and oxygen atoms in total. The Kier molecular flexibility index (Phi) is 3.97. The lowest BCUT2D eigenvalue weighted by atomic mass is 10.1. The third-order valence-electron chi connectivity index (χ3n) is 3.35. The normalized spacial score (nSPS) is 19.4. The van der Waals surface area contributed by atoms with Crippen molar-refractivity contribution in [2.24, 2.45) is 0 Å². The molecule has 1 aliphatic heterocycles. The van der Waals surface area contributed by atoms with E-state index in [1.807, 2.05) is 12.1 Å². The zero-order chi connectivity index (χ0) is 12.3. The molecule has 94 valence electrons. The van der Waals surface area contributed by atoms with Gasteiger partial charge < -0.3 is 14.7 Å². The molecule has 1 aromatic heterocycles. The van der Waals surface area contributed by atoms with Crippen LogP contribution in [0.25, 0.3) is 0 Å². The Morgan fingerprint density at radius 2 is 2.12 bits per heavy atom. The molecule has 2 heterocycles. The molecule has 1 saturated heterocycles. The van der Waals surface area contributed by atoms with Crippen molar-refractivity contribution in [3.8, 4) is 0 Å². The third kappa shape index (κ3) is 2.96. The van der Waals surface area contributed by atoms with Crippen LogP contribution in [0.3, 0.4) is 0 Å². The predicted molar refractivity (Wildman–Crippen MR) is 67.1 cm³/mol. The SMILES string of the molecule is COC1CCN(c2ccc(C(C)O)cn2)CC1. The zero-order valence-electron chi connectivity index (χ0n) is 10.5. The summed E-state index contributed by atoms with van der Waals surface area (Å²) in [7, 11) is 1.77. The highest BCUT2D eigenvalue weighted by molar-refractivity contribution is 5.40. The second-order valence-electron chi connectivity index (χ2n) is 4.55. The number of aromatic nitrogens is 1. The number of hydrogen-bond acceptors (Lipinski definition) is 4. The molecule has 1 aliphatic rings. The third-order valence-corrected chi connectivity index (χ3v) is 3.35. The summed E-state index contributed by atoms with van der Waals surface area (Å²) in [6, 6.07) is 3.92. The van der Waals surface area contributed by atoms with Gasteiger partial charge in [-0.3, -0.25) is 0 Å². The summed E-state index contributed by atoms with van der Waals surface area (Å²) in [4.78, 5) is 6.66. The lowest BCUT2D eigenvalue weighted by molar-refractivity contribution is 0.0818. The summed E-state index contributed by atoms with van der Waals surface area (Å²) in [5.74, 6) is 0.990. The van der Waals surface area contributed by atoms with Crippen molar-refractivity contribution in [3.63, 3.8) is 0 Å². The van der Waals surface area contributed by atoms with Crippen molar-refractivity contribution in [3.05, 3.63) is 23.9 Å². The topological polar surface area (TPSA) is 45.6 Å². The lowest BCUT2D eigenvalue weighted by Crippen LogP contribution is -2.37. The minimum atomic E-state index is -0.448. The molecular weight excluding hydrogens is 216 g/mol. The first-order chi connectivity index (χ1) is 8.20. The van der Waals surface area contributed by atoms with Gasteiger partial charge in [-0.25, -0.2) is 4.98 Å². The van der Waals surface area contributed by atoms with Gasteiger partial charge in [-0.15, -0.1) is 0 Å². The van der Waals surface area contributed by atoms with Gasteiger partial charge in [0.1, 0.15) is 5.82 Å². The maximum absolute atomic E-state index is 9.42. The highest BCUT2D eigenvalue weighted by Gasteiger charge is 2.19. The van der Waals surface area contributed by atoms with Gasteiger partial charge in [0.05, 0.1) is 12.2 Å². The summed E-state index contributed by atoms with van der Waals surface area (Å²) in [6.07, 6.45) is 3.80. The van der Waals surface area contributed by atoms with Crippen LogP contribution >= 0.6 is 0 Å². The van der Waals surface area contributed by atoms with E-state index in [0.717, 1.165) is 37.3 Å². The molecule has 1 N–H and O–H groups in total. The standard InChI is InChI=1S/C13H20N2O2/c1-10(16)11-3-4-13(14-9-11)15-7-5-12(17-2)6-8-15/h3-4,9-10,12,16H,5-8H2,1-2H3. The molecule has 17 heavy (non-hydrogen) atoms. The van der Waals surface area contributed by atoms with Gasteiger partial charge in [-0.2, -0.15) is 0 Å². The van der Waals surface area contributed by atoms with Crippen molar-refractivity contribution in [1.29, 1.82) is 0 Å². The molecule has 0 bridgehead atoms. The smallest absolute Gasteiger partial charge is 0.128 e. The van der Waals surface area contributed by atoms with Crippen LogP contribution in [0.5, 0.6) is 0 Å². The van der Waals surface area contributed by atoms with E-state index in [4.69, 9.17) is 4.74 Å². The monoisotopic (exact) mass is 236 g/mol. The van der Waals surface area contributed by atoms with E-state index in [1.54, 1.807) is 20.2 Å². The van der Waals surface area contributed by atoms with Crippen LogP contribution in [0.4, 0.5) is 5.82 Å². The number of aliphatic hydroxyl groups is 1. The van der Waals surface area contributed by atoms with Crippen molar-refractivity contribution >= 4 is 5.82 Å². The van der Waals surface area contributed by atoms with E-state index in [9.17, 15) is 5.11 Å². The van der Waals surface area contributed by atoms with Gasteiger partial charge in [0.15, 0.2) is 0 Å². The summed E-state index contributed by atoms with van der Waals surface area (Å²) < 4.78 is 5.35. The molecular formula is C13H20N2O2. The van der Waals surface area contributed by atoms with Crippen molar-refractivity contribution in [2.75, 3.05) is 25.1 Å². The molecule has 1 aromatic rings. The maximum Gasteiger partial charge on any atom is 0.128 e. The first-order valence-corrected chi connectivity index (χ1v) is 6.12. The molecule has 0 amide bonds. The fourth-order valence-corrected chi connectivity index (χ4v) is 2.15. The number of anilines is 1. The summed E-state index contributed by atoms with van der Waals surface area (Å²) >= 11 is 0. The molecule has 1 atom stereocenters. The van der Waals surface area contributed by atoms with Crippen LogP contribution in [-0.2, 0) is 4.74 Å². The van der Waals surface area contributed by atoms with Crippen LogP contribution in [0.2, 0.25) is 0 Å². The van der Waals surface area contributed by atoms with E-state index in [-0.39, 0.29) is 0 Å². The first kappa shape index (κ1) is 12.3. The fourth-order valence-electron chi connectivity index (χ4n) is 2.15. The number of hydrogen-bond donors (Lipinski definition) is 1. The Balaban J connectivity index is 1.99. The molecule has 0 aromatic carbocycles. The van der Waals surface area contributed by atoms with Crippen molar-refractivity contribution in [2.45, 2.75) is 32.0 Å². The highest BCUT2D eigenvalue weighted by Crippen LogP contribution is 2.20. The van der Waals surface area contributed by atoms with Gasteiger partial charge >= 0.3 is 0 Å². The average molecular weight is 236 g/mol. The van der Waals surface area contributed by atoms with Crippen LogP contribution < -0.4 is 4.90 Å². The van der Waals surface area contributed by atoms with Crippen molar-refractivity contribution in [1.82, 2.24) is 4.98 Å². The quantitative estimate of drug-likeness (QED) is 0.868. The molecule has 1 fully saturated rings. The Morgan fingerprint density at radius 3 is 2.59 bits per heavy atom. The molecule has 0 spiro atoms. The molecule has 0 radical (unpaired) electrons. The summed E-state index contributed by atoms with van der Waals surface area (Å²) in [6.45, 7) is 3.72. The lowest BCUT2D eigenvalue weighted by Gasteiger charge is -2.32. The van der Waals surface area contributed by atoms with Gasteiger partial charge in [-0.05, 0) is 31.4 Å². The highest BCUT2D eigenvalue weighted by atomic mass is 16.5. The Labute approximate surface area is 102 Å². The van der Waals surface area contributed by atoms with Gasteiger partial charge in [0.2, 0.25) is 0 Å². The van der Waals surface area contributed by atoms with E-state index in [2.05, 4.69) is 9.88 Å². The maximum atomic E-state index is 9.42. The van der Waals surface area contributed by atoms with Crippen LogP contribution in [0, 0.1) is 0 Å². The van der Waals surface area contributed by atoms with Crippen molar-refractivity contribution < 1.29 is 9.84 Å². The van der Waals surface area contributed by atoms with E-state index in [0.29, 0.717) is 6.10 Å². The second-order valence-corrected chi connectivity index (χ2v) is 4.55. The zero-order valence-corrected chi connectivity index (χ0v) is 10.5. The van der Waals surface area contributed by atoms with Gasteiger partial charge in [0.25, 0.3) is 0 Å². The Hall–Kier alpha value is -1.13. The molecule has 4 heteroatoms. The summed E-state index contributed by atoms with van der Waals surface area (Å²) in [5.41, 5.74) is 0.862. The van der Waals surface area contributed by atoms with Crippen LogP contribution in [-0.4, -0.2) is 36.4 Å². The predicted octanol–water partition coefficient (Wildman–Crippen LogP) is 1.75. The van der Waals surface area contributed by atoms with E-state index >= 15 is 0 Å². The largest absolute Gasteiger partial charge is 0.389 e. The number of ether oxygens (including phenoxy) is 1. The summed E-state index contributed by atoms with van der Waals surface area (Å²) in [5, 5.41) is 9.42. The fraction of sp³-hybridized carbons (Fsp3) is 0.615. The van der Waals surface area contributed by atoms with E-state index in [1.165, 1.54) is 0 Å². The number of pyridine rings is 1. The molecule has 0 saturated carbocycles. The minimum absolute atomic E-state index is 0.392. The molecule has 1 unspecified atom stereocenters. The second kappa shape index (κ2) is 5.47. The van der Waals surface area contributed by atoms with Gasteiger partial charge in [-0.1, -0.05) is 6.07 Å². The van der Waals surface area contributed by atoms with E-state index < -0.39 is 6.10 Å². The molecule has 0 aliphatic carbocycles. The van der Waals surface area contributed by atoms with Gasteiger partial charge in [0, 0.05) is 26.4 Å². The Morgan fingerprint density at radius 1 is 1.41 bits per heavy atom. The number of aliphatic hydroxyl groups excluding tert-OH is 1. The van der Waals surface area contributed by atoms with Crippen LogP contribution in [0.15, 0.2) is 18.3 Å². The minimum Gasteiger partial charge on any atom is -0.389 e.